The second-order valence-electron chi connectivity index (χ2n) is 0. The molecule has 0 heterocycles. The van der Waals surface area contributed by atoms with Gasteiger partial charge in [-0.1, -0.05) is 0 Å². The van der Waals surface area contributed by atoms with E-state index >= 15 is 0 Å². The van der Waals surface area contributed by atoms with Crippen LogP contribution in [0.2, 0.25) is 0 Å². The Morgan fingerprint density at radius 3 is 0.500 bits per heavy atom. The van der Waals surface area contributed by atoms with Crippen LogP contribution in [0.4, 0.5) is 0 Å². The number of hydrogen-bond donors (Lipinski definition) is 0. The van der Waals surface area contributed by atoms with Crippen LogP contribution in [0.5, 0.6) is 0 Å². The molecule has 0 saturated heterocycles. The zero-order valence-electron chi connectivity index (χ0n) is 2.06. The van der Waals surface area contributed by atoms with Crippen LogP contribution in [0, 0.1) is 0 Å². The minimum Gasteiger partial charge on any atom is 0 e. The predicted molar refractivity (Wildman–Crippen MR) is 5.75 cm³/mol. The summed E-state index contributed by atoms with van der Waals surface area (Å²) in [5.74, 6) is 0. The summed E-state index contributed by atoms with van der Waals surface area (Å²) >= 11 is 0. The number of rotatable bonds is 0. The Morgan fingerprint density at radius 1 is 0.500 bits per heavy atom. The van der Waals surface area contributed by atoms with E-state index in [2.05, 4.69) is 0 Å². The van der Waals surface area contributed by atoms with Crippen molar-refractivity contribution in [1.29, 1.82) is 0 Å². The van der Waals surface area contributed by atoms with Crippen molar-refractivity contribution in [2.45, 2.75) is 0 Å². The van der Waals surface area contributed by atoms with Crippen molar-refractivity contribution in [2.75, 3.05) is 0 Å². The average molecular weight is 174 g/mol. The van der Waals surface area contributed by atoms with E-state index in [-0.39, 0.29) is 70.1 Å². The van der Waals surface area contributed by atoms with E-state index in [9.17, 15) is 0 Å². The molecule has 0 atom stereocenters. The first kappa shape index (κ1) is 35.2. The third-order valence-corrected chi connectivity index (χ3v) is 0. The third-order valence-electron chi connectivity index (χ3n) is 0. The van der Waals surface area contributed by atoms with Crippen LogP contribution < -0.4 is 0 Å². The van der Waals surface area contributed by atoms with E-state index in [1.807, 2.05) is 0 Å². The number of hydrogen-bond acceptors (Lipinski definition) is 0. The van der Waals surface area contributed by atoms with Crippen LogP contribution in [0.1, 0.15) is 0 Å². The molecule has 0 unspecified atom stereocenters. The smallest absolute Gasteiger partial charge is 0 e. The van der Waals surface area contributed by atoms with Crippen LogP contribution in [0.25, 0.3) is 0 Å². The quantitative estimate of drug-likeness (QED) is 0.439. The largest absolute Gasteiger partial charge is 0 e. The first-order chi connectivity index (χ1) is 0. The van der Waals surface area contributed by atoms with E-state index in [1.54, 1.807) is 0 Å². The molecule has 0 bridgehead atoms. The van der Waals surface area contributed by atoms with E-state index in [0.29, 0.717) is 0 Å². The van der Waals surface area contributed by atoms with E-state index in [1.165, 1.54) is 0 Å². The van der Waals surface area contributed by atoms with Crippen molar-refractivity contribution in [3.8, 4) is 0 Å². The summed E-state index contributed by atoms with van der Waals surface area (Å²) in [6.45, 7) is 0. The van der Waals surface area contributed by atoms with Gasteiger partial charge in [0.25, 0.3) is 0 Å². The van der Waals surface area contributed by atoms with E-state index < -0.39 is 0 Å². The molecule has 0 aromatic heterocycles. The second-order valence-corrected chi connectivity index (χ2v) is 0. The first-order valence-electron chi connectivity index (χ1n) is 0. The van der Waals surface area contributed by atoms with Crippen molar-refractivity contribution < 1.29 is 51.2 Å². The molecule has 0 aliphatic carbocycles. The van der Waals surface area contributed by atoms with Crippen LogP contribution in [-0.2, 0) is 51.2 Å². The molecule has 0 saturated carbocycles. The van der Waals surface area contributed by atoms with Gasteiger partial charge in [-0.25, -0.2) is 0 Å². The van der Waals surface area contributed by atoms with E-state index in [0.717, 1.165) is 0 Å². The fourth-order valence-corrected chi connectivity index (χ4v) is 0. The van der Waals surface area contributed by atoms with Gasteiger partial charge in [-0.05, 0) is 0 Å². The topological polar surface area (TPSA) is 0 Å². The predicted octanol–water partition coefficient (Wildman–Crippen LogP) is -0.388. The SMILES string of the molecule is [Fe].[Fe].[Fe].[Li]. The molecule has 4 heteroatoms. The van der Waals surface area contributed by atoms with Gasteiger partial charge in [0.05, 0.1) is 0 Å². The minimum absolute atomic E-state index is 0. The summed E-state index contributed by atoms with van der Waals surface area (Å²) in [6, 6.07) is 0. The third kappa shape index (κ3) is 8.91. The van der Waals surface area contributed by atoms with Gasteiger partial charge < -0.3 is 0 Å². The molecule has 25 valence electrons. The summed E-state index contributed by atoms with van der Waals surface area (Å²) in [7, 11) is 0. The summed E-state index contributed by atoms with van der Waals surface area (Å²) in [5.41, 5.74) is 0. The molecule has 0 aliphatic rings. The standard InChI is InChI=1S/3Fe.Li. The summed E-state index contributed by atoms with van der Waals surface area (Å²) in [6.07, 6.45) is 0. The Morgan fingerprint density at radius 2 is 0.500 bits per heavy atom. The Labute approximate surface area is 69.5 Å². The molecular weight excluding hydrogens is 174 g/mol. The van der Waals surface area contributed by atoms with Crippen molar-refractivity contribution in [3.63, 3.8) is 0 Å². The normalized spacial score (nSPS) is 0. The first-order valence-corrected chi connectivity index (χ1v) is 0. The van der Waals surface area contributed by atoms with Gasteiger partial charge in [0.2, 0.25) is 0 Å². The summed E-state index contributed by atoms with van der Waals surface area (Å²) in [4.78, 5) is 0. The van der Waals surface area contributed by atoms with Crippen molar-refractivity contribution in [2.24, 2.45) is 0 Å². The Hall–Kier alpha value is 2.16. The second kappa shape index (κ2) is 19.2. The van der Waals surface area contributed by atoms with Crippen LogP contribution in [0.3, 0.4) is 0 Å². The Bertz CT molecular complexity index is 3.25. The molecular formula is Fe3Li. The zero-order valence-corrected chi connectivity index (χ0v) is 5.37. The molecule has 0 rings (SSSR count). The molecule has 0 amide bonds. The maximum atomic E-state index is 0. The molecule has 0 aromatic carbocycles. The molecule has 1 radical (unpaired) electrons. The molecule has 0 fully saturated rings. The van der Waals surface area contributed by atoms with Gasteiger partial charge >= 0.3 is 0 Å². The van der Waals surface area contributed by atoms with Gasteiger partial charge in [0.1, 0.15) is 0 Å². The minimum atomic E-state index is 0. The van der Waals surface area contributed by atoms with E-state index in [4.69, 9.17) is 0 Å². The molecule has 0 aromatic rings. The summed E-state index contributed by atoms with van der Waals surface area (Å²) < 4.78 is 0. The van der Waals surface area contributed by atoms with Crippen molar-refractivity contribution in [1.82, 2.24) is 0 Å². The van der Waals surface area contributed by atoms with Crippen molar-refractivity contribution in [3.05, 3.63) is 0 Å². The Kier molecular flexibility index (Phi) is 169. The fraction of sp³-hybridized carbons (Fsp3) is 0. The van der Waals surface area contributed by atoms with Crippen LogP contribution >= 0.6 is 0 Å². The van der Waals surface area contributed by atoms with Crippen LogP contribution in [-0.4, -0.2) is 18.9 Å². The monoisotopic (exact) mass is 175 g/mol. The van der Waals surface area contributed by atoms with Gasteiger partial charge in [-0.2, -0.15) is 0 Å². The van der Waals surface area contributed by atoms with Crippen molar-refractivity contribution >= 4 is 18.9 Å². The average Bonchev–Trinajstić information content (AvgIpc) is 0. The molecule has 0 spiro atoms. The Balaban J connectivity index is 0. The molecule has 0 N–H and O–H groups in total. The van der Waals surface area contributed by atoms with Gasteiger partial charge in [-0.15, -0.1) is 0 Å². The molecule has 0 nitrogen and oxygen atoms in total. The molecule has 4 heavy (non-hydrogen) atoms. The zero-order chi connectivity index (χ0) is 0. The summed E-state index contributed by atoms with van der Waals surface area (Å²) in [5, 5.41) is 0. The molecule has 0 aliphatic heterocycles. The van der Waals surface area contributed by atoms with Gasteiger partial charge in [0, 0.05) is 70.1 Å². The maximum Gasteiger partial charge on any atom is 0 e. The van der Waals surface area contributed by atoms with Crippen LogP contribution in [0.15, 0.2) is 0 Å². The maximum absolute atomic E-state index is 0. The van der Waals surface area contributed by atoms with Gasteiger partial charge in [-0.3, -0.25) is 0 Å². The van der Waals surface area contributed by atoms with Gasteiger partial charge in [0.15, 0.2) is 0 Å². The fourth-order valence-electron chi connectivity index (χ4n) is 0.